The first kappa shape index (κ1) is 24.8. The number of guanidine groups is 1. The van der Waals surface area contributed by atoms with Gasteiger partial charge in [-0.15, -0.1) is 24.0 Å². The SMILES string of the molecule is CN=C(NCCCCOCCc1ccccc1)N(C)Cc1cc(Cl)cn1C.I. The van der Waals surface area contributed by atoms with E-state index in [0.717, 1.165) is 62.2 Å². The van der Waals surface area contributed by atoms with Crippen LogP contribution in [0.25, 0.3) is 0 Å². The molecule has 0 radical (unpaired) electrons. The number of aryl methyl sites for hydroxylation is 1. The van der Waals surface area contributed by atoms with Gasteiger partial charge in [-0.1, -0.05) is 41.9 Å². The standard InChI is InChI=1S/C21H31ClN4O.HI/c1-23-21(26(3)17-20-15-19(22)16-25(20)2)24-12-7-8-13-27-14-11-18-9-5-4-6-10-18;/h4-6,9-10,15-16H,7-8,11-14,17H2,1-3H3,(H,23,24);1H. The summed E-state index contributed by atoms with van der Waals surface area (Å²) in [5, 5.41) is 4.17. The number of hydrogen-bond donors (Lipinski definition) is 1. The molecule has 0 fully saturated rings. The molecule has 1 aromatic heterocycles. The fraction of sp³-hybridized carbons (Fsp3) is 0.476. The molecule has 2 aromatic rings. The second-order valence-electron chi connectivity index (χ2n) is 6.65. The van der Waals surface area contributed by atoms with Gasteiger partial charge in [-0.05, 0) is 30.9 Å². The maximum atomic E-state index is 6.05. The first-order valence-corrected chi connectivity index (χ1v) is 9.82. The zero-order valence-electron chi connectivity index (χ0n) is 17.0. The zero-order valence-corrected chi connectivity index (χ0v) is 20.1. The van der Waals surface area contributed by atoms with E-state index in [1.807, 2.05) is 44.0 Å². The molecule has 0 unspecified atom stereocenters. The Balaban J connectivity index is 0.00000392. The summed E-state index contributed by atoms with van der Waals surface area (Å²) in [6.45, 7) is 3.21. The number of unbranched alkanes of at least 4 members (excludes halogenated alkanes) is 1. The van der Waals surface area contributed by atoms with Crippen LogP contribution < -0.4 is 5.32 Å². The Labute approximate surface area is 191 Å². The Morgan fingerprint density at radius 1 is 1.21 bits per heavy atom. The van der Waals surface area contributed by atoms with Crippen molar-refractivity contribution < 1.29 is 4.74 Å². The third-order valence-electron chi connectivity index (χ3n) is 4.42. The van der Waals surface area contributed by atoms with Crippen molar-refractivity contribution in [2.45, 2.75) is 25.8 Å². The maximum absolute atomic E-state index is 6.05. The van der Waals surface area contributed by atoms with E-state index in [-0.39, 0.29) is 24.0 Å². The Hall–Kier alpha value is -1.25. The number of ether oxygens (including phenoxy) is 1. The smallest absolute Gasteiger partial charge is 0.193 e. The van der Waals surface area contributed by atoms with E-state index in [1.165, 1.54) is 5.56 Å². The number of nitrogens with one attached hydrogen (secondary N) is 1. The highest BCUT2D eigenvalue weighted by molar-refractivity contribution is 14.0. The topological polar surface area (TPSA) is 41.8 Å². The molecule has 7 heteroatoms. The van der Waals surface area contributed by atoms with Crippen LogP contribution in [0.5, 0.6) is 0 Å². The minimum absolute atomic E-state index is 0. The maximum Gasteiger partial charge on any atom is 0.193 e. The quantitative estimate of drug-likeness (QED) is 0.220. The molecule has 0 aliphatic rings. The average Bonchev–Trinajstić information content (AvgIpc) is 2.98. The van der Waals surface area contributed by atoms with Crippen LogP contribution in [0.1, 0.15) is 24.1 Å². The first-order valence-electron chi connectivity index (χ1n) is 9.44. The molecule has 0 atom stereocenters. The average molecular weight is 519 g/mol. The molecule has 5 nitrogen and oxygen atoms in total. The number of rotatable bonds is 10. The summed E-state index contributed by atoms with van der Waals surface area (Å²) in [5.74, 6) is 0.886. The van der Waals surface area contributed by atoms with Crippen LogP contribution in [0.3, 0.4) is 0 Å². The number of benzene rings is 1. The van der Waals surface area contributed by atoms with Crippen LogP contribution >= 0.6 is 35.6 Å². The zero-order chi connectivity index (χ0) is 19.5. The number of halogens is 2. The van der Waals surface area contributed by atoms with E-state index in [1.54, 1.807) is 0 Å². The van der Waals surface area contributed by atoms with Gasteiger partial charge in [0.15, 0.2) is 5.96 Å². The molecule has 0 aliphatic carbocycles. The van der Waals surface area contributed by atoms with Crippen molar-refractivity contribution in [2.24, 2.45) is 12.0 Å². The molecular weight excluding hydrogens is 487 g/mol. The van der Waals surface area contributed by atoms with E-state index in [0.29, 0.717) is 0 Å². The summed E-state index contributed by atoms with van der Waals surface area (Å²) in [7, 11) is 5.84. The summed E-state index contributed by atoms with van der Waals surface area (Å²) in [5.41, 5.74) is 2.47. The van der Waals surface area contributed by atoms with Crippen molar-refractivity contribution >= 4 is 41.5 Å². The van der Waals surface area contributed by atoms with Crippen LogP contribution in [0.15, 0.2) is 47.6 Å². The fourth-order valence-corrected chi connectivity index (χ4v) is 3.16. The molecule has 0 saturated carbocycles. The highest BCUT2D eigenvalue weighted by Crippen LogP contribution is 2.14. The lowest BCUT2D eigenvalue weighted by atomic mass is 10.2. The third kappa shape index (κ3) is 8.84. The van der Waals surface area contributed by atoms with Crippen molar-refractivity contribution in [2.75, 3.05) is 33.9 Å². The van der Waals surface area contributed by atoms with Crippen molar-refractivity contribution in [1.82, 2.24) is 14.8 Å². The molecule has 0 bridgehead atoms. The van der Waals surface area contributed by atoms with E-state index in [4.69, 9.17) is 16.3 Å². The van der Waals surface area contributed by atoms with Gasteiger partial charge in [-0.3, -0.25) is 4.99 Å². The molecule has 0 saturated heterocycles. The van der Waals surface area contributed by atoms with Gasteiger partial charge in [0.2, 0.25) is 0 Å². The Bertz CT molecular complexity index is 706. The summed E-state index contributed by atoms with van der Waals surface area (Å²) in [6.07, 6.45) is 4.97. The summed E-state index contributed by atoms with van der Waals surface area (Å²) in [6, 6.07) is 12.4. The Morgan fingerprint density at radius 3 is 2.61 bits per heavy atom. The lowest BCUT2D eigenvalue weighted by molar-refractivity contribution is 0.133. The van der Waals surface area contributed by atoms with Gasteiger partial charge < -0.3 is 19.5 Å². The molecule has 1 heterocycles. The molecular formula is C21H32ClIN4O. The number of aliphatic imine (C=N–C) groups is 1. The van der Waals surface area contributed by atoms with E-state index in [2.05, 4.69) is 39.5 Å². The predicted octanol–water partition coefficient (Wildman–Crippen LogP) is 4.34. The van der Waals surface area contributed by atoms with Gasteiger partial charge >= 0.3 is 0 Å². The Kier molecular flexibility index (Phi) is 12.3. The van der Waals surface area contributed by atoms with Crippen molar-refractivity contribution in [3.8, 4) is 0 Å². The van der Waals surface area contributed by atoms with Crippen LogP contribution in [0.4, 0.5) is 0 Å². The summed E-state index contributed by atoms with van der Waals surface area (Å²) >= 11 is 6.05. The Morgan fingerprint density at radius 2 is 1.96 bits per heavy atom. The first-order chi connectivity index (χ1) is 13.1. The van der Waals surface area contributed by atoms with Crippen LogP contribution in [0, 0.1) is 0 Å². The van der Waals surface area contributed by atoms with E-state index >= 15 is 0 Å². The number of nitrogens with zero attached hydrogens (tertiary/aromatic N) is 3. The second-order valence-corrected chi connectivity index (χ2v) is 7.08. The molecule has 0 aliphatic heterocycles. The molecule has 28 heavy (non-hydrogen) atoms. The molecule has 0 spiro atoms. The fourth-order valence-electron chi connectivity index (χ4n) is 2.89. The van der Waals surface area contributed by atoms with Gasteiger partial charge in [0.1, 0.15) is 0 Å². The minimum Gasteiger partial charge on any atom is -0.381 e. The van der Waals surface area contributed by atoms with Gasteiger partial charge in [0, 0.05) is 46.2 Å². The molecule has 0 amide bonds. The predicted molar refractivity (Wildman–Crippen MR) is 129 cm³/mol. The van der Waals surface area contributed by atoms with Crippen molar-refractivity contribution in [3.05, 3.63) is 58.9 Å². The van der Waals surface area contributed by atoms with Crippen molar-refractivity contribution in [3.63, 3.8) is 0 Å². The lowest BCUT2D eigenvalue weighted by Crippen LogP contribution is -2.39. The largest absolute Gasteiger partial charge is 0.381 e. The summed E-state index contributed by atoms with van der Waals surface area (Å²) < 4.78 is 7.77. The molecule has 156 valence electrons. The number of hydrogen-bond acceptors (Lipinski definition) is 2. The molecule has 1 aromatic carbocycles. The monoisotopic (exact) mass is 518 g/mol. The normalized spacial score (nSPS) is 11.2. The minimum atomic E-state index is 0. The van der Waals surface area contributed by atoms with Gasteiger partial charge in [0.25, 0.3) is 0 Å². The third-order valence-corrected chi connectivity index (χ3v) is 4.63. The van der Waals surface area contributed by atoms with E-state index < -0.39 is 0 Å². The lowest BCUT2D eigenvalue weighted by Gasteiger charge is -2.22. The molecule has 2 rings (SSSR count). The van der Waals surface area contributed by atoms with E-state index in [9.17, 15) is 0 Å². The second kappa shape index (κ2) is 13.8. The number of aromatic nitrogens is 1. The highest BCUT2D eigenvalue weighted by Gasteiger charge is 2.09. The highest BCUT2D eigenvalue weighted by atomic mass is 127. The van der Waals surface area contributed by atoms with Crippen LogP contribution in [-0.4, -0.2) is 49.3 Å². The molecule has 1 N–H and O–H groups in total. The van der Waals surface area contributed by atoms with Crippen LogP contribution in [0.2, 0.25) is 5.02 Å². The van der Waals surface area contributed by atoms with Gasteiger partial charge in [0.05, 0.1) is 18.2 Å². The van der Waals surface area contributed by atoms with Gasteiger partial charge in [-0.25, -0.2) is 0 Å². The van der Waals surface area contributed by atoms with Crippen LogP contribution in [-0.2, 0) is 24.8 Å². The van der Waals surface area contributed by atoms with Crippen molar-refractivity contribution in [1.29, 1.82) is 0 Å². The van der Waals surface area contributed by atoms with Gasteiger partial charge in [-0.2, -0.15) is 0 Å². The summed E-state index contributed by atoms with van der Waals surface area (Å²) in [4.78, 5) is 6.46.